The largest absolute Gasteiger partial charge is 0.493 e. The van der Waals surface area contributed by atoms with E-state index in [-0.39, 0.29) is 5.91 Å². The highest BCUT2D eigenvalue weighted by atomic mass is 32.1. The molecule has 1 N–H and O–H groups in total. The number of nitrogens with zero attached hydrogens (tertiary/aromatic N) is 2. The number of aromatic nitrogens is 1. The van der Waals surface area contributed by atoms with E-state index in [1.807, 2.05) is 19.1 Å². The third kappa shape index (κ3) is 4.58. The standard InChI is InChI=1S/C19H25N3O2S/c1-4-22-9-7-15-17(12-22)25-19(20-15)21-18(23)8-10-24-16-6-5-13(2)11-14(16)3/h5-6,11H,4,7-10,12H2,1-3H3,(H,20,21,23). The van der Waals surface area contributed by atoms with Crippen molar-refractivity contribution in [2.24, 2.45) is 0 Å². The van der Waals surface area contributed by atoms with Gasteiger partial charge in [-0.15, -0.1) is 11.3 Å². The first-order chi connectivity index (χ1) is 12.0. The summed E-state index contributed by atoms with van der Waals surface area (Å²) in [5, 5.41) is 3.62. The smallest absolute Gasteiger partial charge is 0.229 e. The van der Waals surface area contributed by atoms with E-state index in [0.717, 1.165) is 43.1 Å². The second-order valence-electron chi connectivity index (χ2n) is 6.42. The van der Waals surface area contributed by atoms with Gasteiger partial charge in [-0.2, -0.15) is 0 Å². The summed E-state index contributed by atoms with van der Waals surface area (Å²) in [4.78, 5) is 20.4. The number of benzene rings is 1. The van der Waals surface area contributed by atoms with Crippen molar-refractivity contribution in [2.45, 2.75) is 40.2 Å². The number of carbonyl (C=O) groups excluding carboxylic acids is 1. The van der Waals surface area contributed by atoms with Gasteiger partial charge in [0.05, 0.1) is 18.7 Å². The number of aryl methyl sites for hydroxylation is 2. The number of hydrogen-bond acceptors (Lipinski definition) is 5. The maximum absolute atomic E-state index is 12.1. The maximum Gasteiger partial charge on any atom is 0.229 e. The molecule has 0 radical (unpaired) electrons. The third-order valence-electron chi connectivity index (χ3n) is 4.42. The van der Waals surface area contributed by atoms with E-state index in [0.29, 0.717) is 18.2 Å². The molecule has 1 aliphatic rings. The Kier molecular flexibility index (Phi) is 5.71. The van der Waals surface area contributed by atoms with Gasteiger partial charge < -0.3 is 10.1 Å². The minimum Gasteiger partial charge on any atom is -0.493 e. The average molecular weight is 359 g/mol. The van der Waals surface area contributed by atoms with Gasteiger partial charge in [0.15, 0.2) is 5.13 Å². The van der Waals surface area contributed by atoms with E-state index in [1.165, 1.54) is 10.4 Å². The average Bonchev–Trinajstić information content (AvgIpc) is 2.97. The van der Waals surface area contributed by atoms with Crippen LogP contribution in [-0.2, 0) is 17.8 Å². The van der Waals surface area contributed by atoms with E-state index < -0.39 is 0 Å². The van der Waals surface area contributed by atoms with E-state index in [4.69, 9.17) is 4.74 Å². The van der Waals surface area contributed by atoms with E-state index in [9.17, 15) is 4.79 Å². The van der Waals surface area contributed by atoms with E-state index >= 15 is 0 Å². The second kappa shape index (κ2) is 7.97. The topological polar surface area (TPSA) is 54.5 Å². The lowest BCUT2D eigenvalue weighted by Crippen LogP contribution is -2.29. The van der Waals surface area contributed by atoms with Gasteiger partial charge in [-0.1, -0.05) is 24.6 Å². The number of anilines is 1. The molecule has 134 valence electrons. The molecule has 6 heteroatoms. The van der Waals surface area contributed by atoms with Gasteiger partial charge >= 0.3 is 0 Å². The number of thiazole rings is 1. The number of fused-ring (bicyclic) bond motifs is 1. The van der Waals surface area contributed by atoms with Crippen LogP contribution in [0.2, 0.25) is 0 Å². The summed E-state index contributed by atoms with van der Waals surface area (Å²) >= 11 is 1.59. The van der Waals surface area contributed by atoms with Gasteiger partial charge in [0.25, 0.3) is 0 Å². The summed E-state index contributed by atoms with van der Waals surface area (Å²) in [6.07, 6.45) is 1.28. The summed E-state index contributed by atoms with van der Waals surface area (Å²) in [5.41, 5.74) is 3.43. The zero-order valence-electron chi connectivity index (χ0n) is 15.1. The minimum absolute atomic E-state index is 0.0526. The quantitative estimate of drug-likeness (QED) is 0.857. The Labute approximate surface area is 153 Å². The lowest BCUT2D eigenvalue weighted by molar-refractivity contribution is -0.116. The highest BCUT2D eigenvalue weighted by molar-refractivity contribution is 7.15. The number of carbonyl (C=O) groups is 1. The molecule has 0 spiro atoms. The molecule has 1 aromatic heterocycles. The van der Waals surface area contributed by atoms with Gasteiger partial charge in [-0.3, -0.25) is 9.69 Å². The first-order valence-corrected chi connectivity index (χ1v) is 9.57. The SMILES string of the molecule is CCN1CCc2nc(NC(=O)CCOc3ccc(C)cc3C)sc2C1. The highest BCUT2D eigenvalue weighted by Crippen LogP contribution is 2.28. The molecule has 0 aliphatic carbocycles. The summed E-state index contributed by atoms with van der Waals surface area (Å²) in [6, 6.07) is 6.05. The van der Waals surface area contributed by atoms with Crippen molar-refractivity contribution in [1.29, 1.82) is 0 Å². The van der Waals surface area contributed by atoms with Crippen LogP contribution < -0.4 is 10.1 Å². The molecule has 0 unspecified atom stereocenters. The van der Waals surface area contributed by atoms with Gasteiger partial charge in [0.2, 0.25) is 5.91 Å². The Hall–Kier alpha value is -1.92. The Morgan fingerprint density at radius 2 is 2.24 bits per heavy atom. The minimum atomic E-state index is -0.0526. The molecule has 1 aromatic carbocycles. The fraction of sp³-hybridized carbons (Fsp3) is 0.474. The van der Waals surface area contributed by atoms with Crippen molar-refractivity contribution in [1.82, 2.24) is 9.88 Å². The number of ether oxygens (including phenoxy) is 1. The molecule has 0 bridgehead atoms. The van der Waals surface area contributed by atoms with Crippen molar-refractivity contribution >= 4 is 22.4 Å². The van der Waals surface area contributed by atoms with Crippen LogP contribution in [0.5, 0.6) is 5.75 Å². The fourth-order valence-corrected chi connectivity index (χ4v) is 4.04. The zero-order valence-corrected chi connectivity index (χ0v) is 15.9. The second-order valence-corrected chi connectivity index (χ2v) is 7.51. The Morgan fingerprint density at radius 1 is 1.40 bits per heavy atom. The summed E-state index contributed by atoms with van der Waals surface area (Å²) in [7, 11) is 0. The zero-order chi connectivity index (χ0) is 17.8. The molecule has 5 nitrogen and oxygen atoms in total. The van der Waals surface area contributed by atoms with Crippen LogP contribution in [-0.4, -0.2) is 35.5 Å². The number of hydrogen-bond donors (Lipinski definition) is 1. The van der Waals surface area contributed by atoms with Crippen LogP contribution in [0, 0.1) is 13.8 Å². The van der Waals surface area contributed by atoms with Crippen LogP contribution >= 0.6 is 11.3 Å². The van der Waals surface area contributed by atoms with Crippen LogP contribution in [0.15, 0.2) is 18.2 Å². The van der Waals surface area contributed by atoms with Gasteiger partial charge in [0, 0.05) is 24.4 Å². The summed E-state index contributed by atoms with van der Waals surface area (Å²) in [6.45, 7) is 9.64. The Balaban J connectivity index is 1.49. The van der Waals surface area contributed by atoms with E-state index in [1.54, 1.807) is 11.3 Å². The molecule has 1 amide bonds. The summed E-state index contributed by atoms with van der Waals surface area (Å²) in [5.74, 6) is 0.783. The molecule has 0 atom stereocenters. The number of amides is 1. The molecule has 0 saturated carbocycles. The van der Waals surface area contributed by atoms with Crippen molar-refractivity contribution in [3.05, 3.63) is 39.9 Å². The normalized spacial score (nSPS) is 14.2. The number of nitrogens with one attached hydrogen (secondary N) is 1. The molecule has 1 aliphatic heterocycles. The summed E-state index contributed by atoms with van der Waals surface area (Å²) < 4.78 is 5.73. The molecule has 25 heavy (non-hydrogen) atoms. The molecule has 0 fully saturated rings. The van der Waals surface area contributed by atoms with Crippen molar-refractivity contribution in [3.63, 3.8) is 0 Å². The van der Waals surface area contributed by atoms with Gasteiger partial charge in [-0.25, -0.2) is 4.98 Å². The predicted octanol–water partition coefficient (Wildman–Crippen LogP) is 3.55. The number of likely N-dealkylation sites (N-methyl/N-ethyl adjacent to an activating group) is 1. The van der Waals surface area contributed by atoms with Crippen molar-refractivity contribution < 1.29 is 9.53 Å². The van der Waals surface area contributed by atoms with Crippen LogP contribution in [0.3, 0.4) is 0 Å². The first kappa shape index (κ1) is 17.9. The molecule has 2 heterocycles. The molecule has 0 saturated heterocycles. The Morgan fingerprint density at radius 3 is 3.00 bits per heavy atom. The van der Waals surface area contributed by atoms with Gasteiger partial charge in [0.1, 0.15) is 5.75 Å². The van der Waals surface area contributed by atoms with Crippen LogP contribution in [0.25, 0.3) is 0 Å². The molecular formula is C19H25N3O2S. The first-order valence-electron chi connectivity index (χ1n) is 8.76. The van der Waals surface area contributed by atoms with Crippen molar-refractivity contribution in [3.8, 4) is 5.75 Å². The molecule has 2 aromatic rings. The predicted molar refractivity (Wildman–Crippen MR) is 101 cm³/mol. The lowest BCUT2D eigenvalue weighted by atomic mass is 10.1. The lowest BCUT2D eigenvalue weighted by Gasteiger charge is -2.23. The van der Waals surface area contributed by atoms with Gasteiger partial charge in [-0.05, 0) is 32.0 Å². The van der Waals surface area contributed by atoms with Crippen LogP contribution in [0.4, 0.5) is 5.13 Å². The fourth-order valence-electron chi connectivity index (χ4n) is 2.97. The number of rotatable bonds is 6. The van der Waals surface area contributed by atoms with Crippen molar-refractivity contribution in [2.75, 3.05) is 25.0 Å². The molecular weight excluding hydrogens is 334 g/mol. The Bertz CT molecular complexity index is 757. The third-order valence-corrected chi connectivity index (χ3v) is 5.42. The highest BCUT2D eigenvalue weighted by Gasteiger charge is 2.20. The molecule has 3 rings (SSSR count). The maximum atomic E-state index is 12.1. The monoisotopic (exact) mass is 359 g/mol. The van der Waals surface area contributed by atoms with Crippen LogP contribution in [0.1, 0.15) is 35.0 Å². The van der Waals surface area contributed by atoms with E-state index in [2.05, 4.69) is 35.1 Å².